The van der Waals surface area contributed by atoms with E-state index in [0.717, 1.165) is 44.3 Å². The summed E-state index contributed by atoms with van der Waals surface area (Å²) >= 11 is 1.57. The molecule has 0 N–H and O–H groups in total. The molecule has 33 heavy (non-hydrogen) atoms. The van der Waals surface area contributed by atoms with Crippen LogP contribution >= 0.6 is 11.3 Å². The topological polar surface area (TPSA) is 46.6 Å². The van der Waals surface area contributed by atoms with E-state index < -0.39 is 0 Å². The van der Waals surface area contributed by atoms with E-state index in [9.17, 15) is 9.59 Å². The monoisotopic (exact) mass is 461 g/mol. The fourth-order valence-electron chi connectivity index (χ4n) is 5.43. The normalized spacial score (nSPS) is 21.9. The molecule has 0 radical (unpaired) electrons. The van der Waals surface area contributed by atoms with Gasteiger partial charge in [0.05, 0.1) is 11.5 Å². The summed E-state index contributed by atoms with van der Waals surface area (Å²) in [6.45, 7) is 6.03. The van der Waals surface area contributed by atoms with Crippen LogP contribution in [0.5, 0.6) is 5.75 Å². The van der Waals surface area contributed by atoms with Gasteiger partial charge in [0.2, 0.25) is 0 Å². The first-order valence-corrected chi connectivity index (χ1v) is 12.9. The van der Waals surface area contributed by atoms with Crippen LogP contribution in [-0.2, 0) is 17.6 Å². The first-order valence-electron chi connectivity index (χ1n) is 12.1. The van der Waals surface area contributed by atoms with Gasteiger partial charge >= 0.3 is 0 Å². The molecule has 0 aliphatic carbocycles. The quantitative estimate of drug-likeness (QED) is 0.391. The van der Waals surface area contributed by atoms with E-state index >= 15 is 0 Å². The van der Waals surface area contributed by atoms with Crippen molar-refractivity contribution in [3.8, 4) is 5.75 Å². The van der Waals surface area contributed by atoms with Crippen LogP contribution in [0.15, 0.2) is 48.5 Å². The van der Waals surface area contributed by atoms with Gasteiger partial charge in [-0.2, -0.15) is 0 Å². The smallest absolute Gasteiger partial charge is 0.173 e. The third kappa shape index (κ3) is 5.04. The highest BCUT2D eigenvalue weighted by molar-refractivity contribution is 7.20. The van der Waals surface area contributed by atoms with E-state index in [-0.39, 0.29) is 11.6 Å². The number of benzene rings is 2. The summed E-state index contributed by atoms with van der Waals surface area (Å²) in [7, 11) is 0. The van der Waals surface area contributed by atoms with Gasteiger partial charge in [-0.05, 0) is 73.8 Å². The molecule has 3 aliphatic heterocycles. The number of hydrogen-bond acceptors (Lipinski definition) is 5. The lowest BCUT2D eigenvalue weighted by Crippen LogP contribution is -2.47. The van der Waals surface area contributed by atoms with Crippen LogP contribution in [0.1, 0.15) is 47.0 Å². The van der Waals surface area contributed by atoms with Crippen LogP contribution in [0.25, 0.3) is 10.1 Å². The minimum Gasteiger partial charge on any atom is -0.494 e. The molecule has 3 aliphatic rings. The van der Waals surface area contributed by atoms with Crippen LogP contribution in [0.3, 0.4) is 0 Å². The zero-order valence-electron chi connectivity index (χ0n) is 19.2. The second-order valence-corrected chi connectivity index (χ2v) is 10.5. The van der Waals surface area contributed by atoms with Gasteiger partial charge in [-0.25, -0.2) is 0 Å². The molecule has 3 saturated heterocycles. The Morgan fingerprint density at radius 2 is 1.88 bits per heavy atom. The van der Waals surface area contributed by atoms with Gasteiger partial charge in [-0.3, -0.25) is 9.59 Å². The van der Waals surface area contributed by atoms with E-state index in [2.05, 4.69) is 11.0 Å². The Morgan fingerprint density at radius 1 is 1.06 bits per heavy atom. The number of thiophene rings is 1. The van der Waals surface area contributed by atoms with Crippen LogP contribution in [-0.4, -0.2) is 42.7 Å². The van der Waals surface area contributed by atoms with Gasteiger partial charge in [-0.1, -0.05) is 30.3 Å². The van der Waals surface area contributed by atoms with Gasteiger partial charge in [0.25, 0.3) is 0 Å². The Morgan fingerprint density at radius 3 is 2.64 bits per heavy atom. The van der Waals surface area contributed by atoms with Crippen molar-refractivity contribution in [1.82, 2.24) is 4.90 Å². The number of hydrogen-bond donors (Lipinski definition) is 0. The fourth-order valence-corrected chi connectivity index (χ4v) is 6.50. The van der Waals surface area contributed by atoms with Crippen LogP contribution < -0.4 is 4.74 Å². The first kappa shape index (κ1) is 22.3. The average molecular weight is 462 g/mol. The van der Waals surface area contributed by atoms with Crippen molar-refractivity contribution < 1.29 is 14.3 Å². The van der Waals surface area contributed by atoms with Crippen molar-refractivity contribution in [2.45, 2.75) is 39.0 Å². The number of piperidine rings is 3. The number of nitrogens with zero attached hydrogens (tertiary/aromatic N) is 1. The third-order valence-corrected chi connectivity index (χ3v) is 8.30. The summed E-state index contributed by atoms with van der Waals surface area (Å²) < 4.78 is 6.75. The molecule has 1 atom stereocenters. The zero-order chi connectivity index (χ0) is 22.8. The van der Waals surface area contributed by atoms with Gasteiger partial charge in [0.15, 0.2) is 5.78 Å². The van der Waals surface area contributed by atoms with E-state index in [1.54, 1.807) is 11.3 Å². The lowest BCUT2D eigenvalue weighted by atomic mass is 9.76. The lowest BCUT2D eigenvalue weighted by Gasteiger charge is -2.44. The highest BCUT2D eigenvalue weighted by Crippen LogP contribution is 2.36. The summed E-state index contributed by atoms with van der Waals surface area (Å²) in [6, 6.07) is 15.9. The summed E-state index contributed by atoms with van der Waals surface area (Å²) in [5.41, 5.74) is 1.93. The van der Waals surface area contributed by atoms with E-state index in [1.807, 2.05) is 49.4 Å². The number of carbonyl (C=O) groups excluding carboxylic acids is 2. The lowest BCUT2D eigenvalue weighted by molar-refractivity contribution is -0.117. The van der Waals surface area contributed by atoms with Gasteiger partial charge in [0, 0.05) is 36.1 Å². The number of carbonyl (C=O) groups is 2. The molecule has 3 aromatic rings. The molecular formula is C28H31NO3S. The van der Waals surface area contributed by atoms with Crippen molar-refractivity contribution in [3.05, 3.63) is 64.5 Å². The van der Waals surface area contributed by atoms with Crippen molar-refractivity contribution >= 4 is 33.0 Å². The highest BCUT2D eigenvalue weighted by atomic mass is 32.1. The minimum atomic E-state index is 0.164. The van der Waals surface area contributed by atoms with E-state index in [4.69, 9.17) is 4.74 Å². The largest absolute Gasteiger partial charge is 0.494 e. The maximum Gasteiger partial charge on any atom is 0.173 e. The molecule has 4 nitrogen and oxygen atoms in total. The van der Waals surface area contributed by atoms with Gasteiger partial charge < -0.3 is 9.64 Å². The maximum absolute atomic E-state index is 13.0. The van der Waals surface area contributed by atoms with Crippen molar-refractivity contribution in [3.63, 3.8) is 0 Å². The van der Waals surface area contributed by atoms with Crippen molar-refractivity contribution in [1.29, 1.82) is 0 Å². The standard InChI is InChI=1S/C28H31NO3S/c1-2-32-26-6-4-3-5-21(26)15-24(30)13-19-7-8-22-17-28(33-27(22)14-19)25(31)16-23-18-29-11-9-20(23)10-12-29/h3-8,14,17,20,23H,2,9-13,15-16,18H2,1H3/t23-/m0/s1. The molecular weight excluding hydrogens is 430 g/mol. The van der Waals surface area contributed by atoms with Crippen LogP contribution in [0.4, 0.5) is 0 Å². The Bertz CT molecular complexity index is 1160. The molecule has 0 amide bonds. The molecule has 3 fully saturated rings. The number of rotatable bonds is 9. The second kappa shape index (κ2) is 9.78. The second-order valence-electron chi connectivity index (χ2n) is 9.44. The van der Waals surface area contributed by atoms with Gasteiger partial charge in [0.1, 0.15) is 11.5 Å². The average Bonchev–Trinajstić information content (AvgIpc) is 3.25. The Kier molecular flexibility index (Phi) is 6.61. The number of fused-ring (bicyclic) bond motifs is 4. The number of ether oxygens (including phenoxy) is 1. The summed E-state index contributed by atoms with van der Waals surface area (Å²) in [5.74, 6) is 2.46. The predicted octanol–water partition coefficient (Wildman–Crippen LogP) is 5.57. The van der Waals surface area contributed by atoms with Crippen molar-refractivity contribution in [2.75, 3.05) is 26.2 Å². The molecule has 0 spiro atoms. The summed E-state index contributed by atoms with van der Waals surface area (Å²) in [5, 5.41) is 1.09. The summed E-state index contributed by atoms with van der Waals surface area (Å²) in [6.07, 6.45) is 3.91. The van der Waals surface area contributed by atoms with Crippen LogP contribution in [0, 0.1) is 11.8 Å². The maximum atomic E-state index is 13.0. The number of ketones is 2. The molecule has 0 saturated carbocycles. The van der Waals surface area contributed by atoms with Crippen LogP contribution in [0.2, 0.25) is 0 Å². The number of Topliss-reactive ketones (excluding diaryl/α,β-unsaturated/α-hetero) is 2. The Balaban J connectivity index is 1.24. The van der Waals surface area contributed by atoms with E-state index in [1.165, 1.54) is 25.9 Å². The molecule has 6 rings (SSSR count). The third-order valence-electron chi connectivity index (χ3n) is 7.16. The Labute approximate surface area is 199 Å². The minimum absolute atomic E-state index is 0.164. The zero-order valence-corrected chi connectivity index (χ0v) is 20.0. The first-order chi connectivity index (χ1) is 16.1. The molecule has 4 heterocycles. The molecule has 0 unspecified atom stereocenters. The summed E-state index contributed by atoms with van der Waals surface area (Å²) in [4.78, 5) is 29.2. The van der Waals surface area contributed by atoms with Gasteiger partial charge in [-0.15, -0.1) is 11.3 Å². The van der Waals surface area contributed by atoms with Crippen molar-refractivity contribution in [2.24, 2.45) is 11.8 Å². The number of para-hydroxylation sites is 1. The predicted molar refractivity (Wildman–Crippen MR) is 133 cm³/mol. The molecule has 1 aromatic heterocycles. The molecule has 5 heteroatoms. The fraction of sp³-hybridized carbons (Fsp3) is 0.429. The molecule has 172 valence electrons. The highest BCUT2D eigenvalue weighted by Gasteiger charge is 2.35. The van der Waals surface area contributed by atoms with E-state index in [0.29, 0.717) is 31.8 Å². The SMILES string of the molecule is CCOc1ccccc1CC(=O)Cc1ccc2cc(C(=O)C[C@H]3CN4CCC3CC4)sc2c1. The Hall–Kier alpha value is -2.50. The molecule has 2 bridgehead atoms. The molecule has 2 aromatic carbocycles.